The Bertz CT molecular complexity index is 1110. The summed E-state index contributed by atoms with van der Waals surface area (Å²) in [4.78, 5) is 8.51. The third-order valence-corrected chi connectivity index (χ3v) is 5.07. The van der Waals surface area contributed by atoms with Gasteiger partial charge in [-0.25, -0.2) is 23.1 Å². The highest BCUT2D eigenvalue weighted by atomic mass is 32.2. The van der Waals surface area contributed by atoms with Gasteiger partial charge in [-0.1, -0.05) is 18.1 Å². The van der Waals surface area contributed by atoms with E-state index in [4.69, 9.17) is 6.42 Å². The summed E-state index contributed by atoms with van der Waals surface area (Å²) in [6.45, 7) is 0. The molecule has 8 heteroatoms. The predicted octanol–water partition coefficient (Wildman–Crippen LogP) is 2.85. The second kappa shape index (κ2) is 7.86. The van der Waals surface area contributed by atoms with Gasteiger partial charge in [0.15, 0.2) is 0 Å². The lowest BCUT2D eigenvalue weighted by Gasteiger charge is -2.10. The molecule has 7 nitrogen and oxygen atoms in total. The Kier molecular flexibility index (Phi) is 5.35. The van der Waals surface area contributed by atoms with Crippen LogP contribution in [0.15, 0.2) is 65.8 Å². The number of sulfonamides is 1. The van der Waals surface area contributed by atoms with E-state index in [0.717, 1.165) is 11.3 Å². The molecular weight excluding hydrogens is 362 g/mol. The van der Waals surface area contributed by atoms with Crippen molar-refractivity contribution < 1.29 is 8.42 Å². The molecule has 1 aromatic heterocycles. The van der Waals surface area contributed by atoms with E-state index in [1.54, 1.807) is 18.2 Å². The van der Waals surface area contributed by atoms with Crippen molar-refractivity contribution in [3.05, 3.63) is 66.5 Å². The molecule has 136 valence electrons. The molecule has 2 aromatic carbocycles. The Morgan fingerprint density at radius 2 is 1.56 bits per heavy atom. The number of anilines is 4. The minimum Gasteiger partial charge on any atom is -0.340 e. The summed E-state index contributed by atoms with van der Waals surface area (Å²) < 4.78 is 26.1. The highest BCUT2D eigenvalue weighted by molar-refractivity contribution is 7.89. The molecule has 0 unspecified atom stereocenters. The highest BCUT2D eigenvalue weighted by Gasteiger charge is 2.11. The van der Waals surface area contributed by atoms with E-state index in [0.29, 0.717) is 17.3 Å². The Labute approximate surface area is 157 Å². The maximum atomic E-state index is 11.9. The topological polar surface area (TPSA) is 96.0 Å². The van der Waals surface area contributed by atoms with Crippen LogP contribution >= 0.6 is 0 Å². The molecule has 0 amide bonds. The number of hydrogen-bond donors (Lipinski definition) is 3. The van der Waals surface area contributed by atoms with Gasteiger partial charge in [0, 0.05) is 23.0 Å². The first-order chi connectivity index (χ1) is 13.0. The van der Waals surface area contributed by atoms with Gasteiger partial charge in [-0.2, -0.15) is 0 Å². The summed E-state index contributed by atoms with van der Waals surface area (Å²) in [7, 11) is -2.15. The van der Waals surface area contributed by atoms with Gasteiger partial charge in [0.1, 0.15) is 18.0 Å². The second-order valence-electron chi connectivity index (χ2n) is 5.50. The number of nitrogens with zero attached hydrogens (tertiary/aromatic N) is 2. The van der Waals surface area contributed by atoms with Gasteiger partial charge >= 0.3 is 0 Å². The Morgan fingerprint density at radius 1 is 0.926 bits per heavy atom. The zero-order valence-electron chi connectivity index (χ0n) is 14.5. The third kappa shape index (κ3) is 4.61. The van der Waals surface area contributed by atoms with Crippen LogP contribution < -0.4 is 15.4 Å². The molecule has 3 rings (SSSR count). The molecule has 0 spiro atoms. The fourth-order valence-electron chi connectivity index (χ4n) is 2.34. The smallest absolute Gasteiger partial charge is 0.240 e. The Morgan fingerprint density at radius 3 is 2.19 bits per heavy atom. The first-order valence-corrected chi connectivity index (χ1v) is 9.45. The molecule has 0 saturated carbocycles. The van der Waals surface area contributed by atoms with Gasteiger partial charge < -0.3 is 10.6 Å². The molecule has 27 heavy (non-hydrogen) atoms. The van der Waals surface area contributed by atoms with Gasteiger partial charge in [-0.3, -0.25) is 0 Å². The van der Waals surface area contributed by atoms with Crippen molar-refractivity contribution in [3.63, 3.8) is 0 Å². The number of nitrogens with one attached hydrogen (secondary N) is 3. The van der Waals surface area contributed by atoms with Crippen LogP contribution in [0.2, 0.25) is 0 Å². The van der Waals surface area contributed by atoms with Crippen molar-refractivity contribution in [1.29, 1.82) is 0 Å². The van der Waals surface area contributed by atoms with Gasteiger partial charge in [-0.15, -0.1) is 6.42 Å². The maximum Gasteiger partial charge on any atom is 0.240 e. The van der Waals surface area contributed by atoms with Crippen LogP contribution in [-0.2, 0) is 10.0 Å². The summed E-state index contributed by atoms with van der Waals surface area (Å²) in [5.74, 6) is 3.66. The Hall–Kier alpha value is -3.41. The first kappa shape index (κ1) is 18.4. The minimum atomic E-state index is -3.52. The number of aromatic nitrogens is 2. The summed E-state index contributed by atoms with van der Waals surface area (Å²) in [6.07, 6.45) is 6.82. The summed E-state index contributed by atoms with van der Waals surface area (Å²) >= 11 is 0. The van der Waals surface area contributed by atoms with E-state index >= 15 is 0 Å². The standard InChI is InChI=1S/C19H17N5O2S/c1-3-14-6-4-7-15(10-14)23-18-12-19(22-13-21-18)24-16-8-5-9-17(11-16)27(25,26)20-2/h1,4-13,20H,2H3,(H2,21,22,23,24). The molecule has 3 N–H and O–H groups in total. The lowest BCUT2D eigenvalue weighted by Crippen LogP contribution is -2.18. The third-order valence-electron chi connectivity index (χ3n) is 3.65. The normalized spacial score (nSPS) is 10.8. The SMILES string of the molecule is C#Cc1cccc(Nc2cc(Nc3cccc(S(=O)(=O)NC)c3)ncn2)c1. The quantitative estimate of drug-likeness (QED) is 0.570. The maximum absolute atomic E-state index is 11.9. The molecule has 0 fully saturated rings. The Balaban J connectivity index is 1.80. The van der Waals surface area contributed by atoms with Gasteiger partial charge in [0.2, 0.25) is 10.0 Å². The van der Waals surface area contributed by atoms with Gasteiger partial charge in [0.25, 0.3) is 0 Å². The first-order valence-electron chi connectivity index (χ1n) is 7.96. The fraction of sp³-hybridized carbons (Fsp3) is 0.0526. The van der Waals surface area contributed by atoms with E-state index in [1.807, 2.05) is 24.3 Å². The van der Waals surface area contributed by atoms with E-state index in [-0.39, 0.29) is 4.90 Å². The molecule has 0 atom stereocenters. The average Bonchev–Trinajstić information content (AvgIpc) is 2.68. The van der Waals surface area contributed by atoms with Crippen LogP contribution in [0.25, 0.3) is 0 Å². The highest BCUT2D eigenvalue weighted by Crippen LogP contribution is 2.21. The summed E-state index contributed by atoms with van der Waals surface area (Å²) in [5, 5.41) is 6.23. The van der Waals surface area contributed by atoms with Crippen molar-refractivity contribution in [2.24, 2.45) is 0 Å². The van der Waals surface area contributed by atoms with E-state index in [2.05, 4.69) is 31.2 Å². The van der Waals surface area contributed by atoms with Gasteiger partial charge in [-0.05, 0) is 43.4 Å². The zero-order valence-corrected chi connectivity index (χ0v) is 15.3. The number of rotatable bonds is 6. The summed E-state index contributed by atoms with van der Waals surface area (Å²) in [6, 6.07) is 15.6. The largest absolute Gasteiger partial charge is 0.340 e. The lowest BCUT2D eigenvalue weighted by molar-refractivity contribution is 0.588. The van der Waals surface area contributed by atoms with Crippen molar-refractivity contribution in [2.75, 3.05) is 17.7 Å². The molecule has 3 aromatic rings. The van der Waals surface area contributed by atoms with Crippen LogP contribution in [-0.4, -0.2) is 25.4 Å². The minimum absolute atomic E-state index is 0.161. The molecule has 0 radical (unpaired) electrons. The molecule has 1 heterocycles. The molecule has 0 aliphatic rings. The van der Waals surface area contributed by atoms with Crippen LogP contribution in [0, 0.1) is 12.3 Å². The monoisotopic (exact) mass is 379 g/mol. The molecule has 0 bridgehead atoms. The van der Waals surface area contributed by atoms with Crippen molar-refractivity contribution in [1.82, 2.24) is 14.7 Å². The van der Waals surface area contributed by atoms with E-state index in [9.17, 15) is 8.42 Å². The molecule has 0 saturated heterocycles. The van der Waals surface area contributed by atoms with Crippen molar-refractivity contribution >= 4 is 33.0 Å². The van der Waals surface area contributed by atoms with Crippen LogP contribution in [0.3, 0.4) is 0 Å². The van der Waals surface area contributed by atoms with Crippen LogP contribution in [0.4, 0.5) is 23.0 Å². The van der Waals surface area contributed by atoms with Gasteiger partial charge in [0.05, 0.1) is 4.90 Å². The van der Waals surface area contributed by atoms with Crippen LogP contribution in [0.5, 0.6) is 0 Å². The van der Waals surface area contributed by atoms with Crippen molar-refractivity contribution in [2.45, 2.75) is 4.90 Å². The van der Waals surface area contributed by atoms with Crippen LogP contribution in [0.1, 0.15) is 5.56 Å². The fourth-order valence-corrected chi connectivity index (χ4v) is 3.11. The molecular formula is C19H17N5O2S. The second-order valence-corrected chi connectivity index (χ2v) is 7.39. The lowest BCUT2D eigenvalue weighted by atomic mass is 10.2. The van der Waals surface area contributed by atoms with E-state index < -0.39 is 10.0 Å². The summed E-state index contributed by atoms with van der Waals surface area (Å²) in [5.41, 5.74) is 2.15. The number of benzene rings is 2. The number of terminal acetylenes is 1. The van der Waals surface area contributed by atoms with E-state index in [1.165, 1.54) is 25.5 Å². The molecule has 0 aliphatic heterocycles. The predicted molar refractivity (Wildman–Crippen MR) is 106 cm³/mol. The van der Waals surface area contributed by atoms with Crippen molar-refractivity contribution in [3.8, 4) is 12.3 Å². The average molecular weight is 379 g/mol. The molecule has 0 aliphatic carbocycles. The zero-order chi connectivity index (χ0) is 19.3. The number of hydrogen-bond acceptors (Lipinski definition) is 6.